The molecule has 0 aromatic rings. The summed E-state index contributed by atoms with van der Waals surface area (Å²) in [5, 5.41) is 7.86. The van der Waals surface area contributed by atoms with E-state index in [0.29, 0.717) is 12.2 Å². The van der Waals surface area contributed by atoms with E-state index in [2.05, 4.69) is 0 Å². The van der Waals surface area contributed by atoms with Crippen molar-refractivity contribution in [1.82, 2.24) is 0 Å². The van der Waals surface area contributed by atoms with Crippen molar-refractivity contribution in [1.29, 1.82) is 0 Å². The Kier molecular flexibility index (Phi) is 3.79. The summed E-state index contributed by atoms with van der Waals surface area (Å²) in [5.41, 5.74) is 0. The zero-order valence-electron chi connectivity index (χ0n) is 4.50. The fourth-order valence-corrected chi connectivity index (χ4v) is 0.243. The van der Waals surface area contributed by atoms with Crippen LogP contribution >= 0.6 is 0 Å². The zero-order chi connectivity index (χ0) is 7.28. The highest BCUT2D eigenvalue weighted by Crippen LogP contribution is 1.91. The molecule has 0 aliphatic heterocycles. The molecule has 9 heavy (non-hydrogen) atoms. The van der Waals surface area contributed by atoms with Crippen LogP contribution in [-0.2, 0) is 4.79 Å². The number of halogens is 2. The lowest BCUT2D eigenvalue weighted by atomic mass is 10.4. The van der Waals surface area contributed by atoms with Gasteiger partial charge >= 0.3 is 0 Å². The number of allylic oxidation sites excluding steroid dienone is 1. The Hall–Kier alpha value is -0.770. The van der Waals surface area contributed by atoms with E-state index in [9.17, 15) is 13.6 Å². The Labute approximate surface area is 50.8 Å². The summed E-state index contributed by atoms with van der Waals surface area (Å²) in [6.07, 6.45) is -2.83. The fourth-order valence-electron chi connectivity index (χ4n) is 0.243. The van der Waals surface area contributed by atoms with E-state index in [1.807, 2.05) is 0 Å². The maximum atomic E-state index is 11.8. The van der Waals surface area contributed by atoms with Gasteiger partial charge in [-0.2, -0.15) is 0 Å². The second-order valence-corrected chi connectivity index (χ2v) is 1.34. The van der Waals surface area contributed by atoms with Crippen LogP contribution in [0.4, 0.5) is 8.78 Å². The van der Waals surface area contributed by atoms with Crippen LogP contribution in [-0.4, -0.2) is 23.9 Å². The molecule has 1 N–H and O–H groups in total. The van der Waals surface area contributed by atoms with Gasteiger partial charge in [-0.1, -0.05) is 0 Å². The standard InChI is InChI=1S/C5H6F2O2/c6-4(3-8)1-2-5(7)9/h1-5,9H. The van der Waals surface area contributed by atoms with Crippen molar-refractivity contribution >= 4 is 6.29 Å². The first kappa shape index (κ1) is 8.23. The topological polar surface area (TPSA) is 37.3 Å². The number of aliphatic hydroxyl groups excluding tert-OH is 1. The minimum absolute atomic E-state index is 0.00111. The van der Waals surface area contributed by atoms with Crippen LogP contribution in [0.25, 0.3) is 0 Å². The smallest absolute Gasteiger partial charge is 0.215 e. The van der Waals surface area contributed by atoms with Gasteiger partial charge in [0.2, 0.25) is 6.36 Å². The fraction of sp³-hybridized carbons (Fsp3) is 0.400. The van der Waals surface area contributed by atoms with Crippen LogP contribution in [0.1, 0.15) is 0 Å². The number of hydrogen-bond donors (Lipinski definition) is 1. The van der Waals surface area contributed by atoms with Gasteiger partial charge in [0.25, 0.3) is 0 Å². The van der Waals surface area contributed by atoms with Crippen LogP contribution in [0.5, 0.6) is 0 Å². The van der Waals surface area contributed by atoms with Crippen LogP contribution in [0.3, 0.4) is 0 Å². The maximum absolute atomic E-state index is 11.8. The third kappa shape index (κ3) is 5.10. The molecule has 4 heteroatoms. The summed E-state index contributed by atoms with van der Waals surface area (Å²) >= 11 is 0. The third-order valence-electron chi connectivity index (χ3n) is 0.584. The molecule has 0 bridgehead atoms. The Morgan fingerprint density at radius 3 is 2.22 bits per heavy atom. The SMILES string of the molecule is O=CC(F)C=CC(O)F. The van der Waals surface area contributed by atoms with Gasteiger partial charge in [-0.05, 0) is 12.2 Å². The van der Waals surface area contributed by atoms with Gasteiger partial charge in [0.1, 0.15) is 0 Å². The second kappa shape index (κ2) is 4.14. The van der Waals surface area contributed by atoms with Crippen molar-refractivity contribution in [3.63, 3.8) is 0 Å². The van der Waals surface area contributed by atoms with E-state index in [-0.39, 0.29) is 6.29 Å². The summed E-state index contributed by atoms with van der Waals surface area (Å²) in [6.45, 7) is 0. The zero-order valence-corrected chi connectivity index (χ0v) is 4.50. The minimum Gasteiger partial charge on any atom is -0.361 e. The van der Waals surface area contributed by atoms with Crippen molar-refractivity contribution < 1.29 is 18.7 Å². The highest BCUT2D eigenvalue weighted by molar-refractivity contribution is 5.58. The monoisotopic (exact) mass is 136 g/mol. The first-order chi connectivity index (χ1) is 4.16. The van der Waals surface area contributed by atoms with Crippen molar-refractivity contribution in [3.05, 3.63) is 12.2 Å². The van der Waals surface area contributed by atoms with Gasteiger partial charge in [-0.15, -0.1) is 0 Å². The molecular weight excluding hydrogens is 130 g/mol. The molecule has 0 spiro atoms. The van der Waals surface area contributed by atoms with Crippen LogP contribution in [0.2, 0.25) is 0 Å². The summed E-state index contributed by atoms with van der Waals surface area (Å²) in [6, 6.07) is 0. The van der Waals surface area contributed by atoms with E-state index in [4.69, 9.17) is 5.11 Å². The first-order valence-electron chi connectivity index (χ1n) is 2.26. The highest BCUT2D eigenvalue weighted by atomic mass is 19.1. The second-order valence-electron chi connectivity index (χ2n) is 1.34. The molecule has 0 heterocycles. The van der Waals surface area contributed by atoms with Crippen LogP contribution in [0.15, 0.2) is 12.2 Å². The van der Waals surface area contributed by atoms with Crippen molar-refractivity contribution in [3.8, 4) is 0 Å². The predicted molar refractivity (Wildman–Crippen MR) is 27.2 cm³/mol. The van der Waals surface area contributed by atoms with Gasteiger partial charge in [0, 0.05) is 0 Å². The molecular formula is C5H6F2O2. The molecule has 0 aromatic heterocycles. The molecule has 0 fully saturated rings. The Morgan fingerprint density at radius 1 is 1.33 bits per heavy atom. The maximum Gasteiger partial charge on any atom is 0.215 e. The molecule has 0 saturated carbocycles. The Bertz CT molecular complexity index is 112. The Balaban J connectivity index is 3.56. The largest absolute Gasteiger partial charge is 0.361 e. The number of alkyl halides is 2. The normalized spacial score (nSPS) is 17.7. The van der Waals surface area contributed by atoms with E-state index < -0.39 is 12.5 Å². The van der Waals surface area contributed by atoms with Gasteiger partial charge < -0.3 is 5.11 Å². The van der Waals surface area contributed by atoms with E-state index in [0.717, 1.165) is 0 Å². The molecule has 2 unspecified atom stereocenters. The summed E-state index contributed by atoms with van der Waals surface area (Å²) in [4.78, 5) is 9.49. The summed E-state index contributed by atoms with van der Waals surface area (Å²) < 4.78 is 23.1. The van der Waals surface area contributed by atoms with Crippen LogP contribution in [0, 0.1) is 0 Å². The third-order valence-corrected chi connectivity index (χ3v) is 0.584. The van der Waals surface area contributed by atoms with Gasteiger partial charge in [0.05, 0.1) is 0 Å². The van der Waals surface area contributed by atoms with Gasteiger partial charge in [-0.25, -0.2) is 8.78 Å². The number of carbonyl (C=O) groups excluding carboxylic acids is 1. The van der Waals surface area contributed by atoms with E-state index in [1.54, 1.807) is 0 Å². The Morgan fingerprint density at radius 2 is 1.89 bits per heavy atom. The lowest BCUT2D eigenvalue weighted by Crippen LogP contribution is -1.98. The summed E-state index contributed by atoms with van der Waals surface area (Å²) in [7, 11) is 0. The molecule has 0 saturated heterocycles. The lowest BCUT2D eigenvalue weighted by Gasteiger charge is -1.89. The molecule has 0 aliphatic rings. The number of aliphatic hydroxyl groups is 1. The molecule has 0 amide bonds. The molecule has 0 aliphatic carbocycles. The minimum atomic E-state index is -2.19. The molecule has 0 rings (SSSR count). The quantitative estimate of drug-likeness (QED) is 0.449. The predicted octanol–water partition coefficient (Wildman–Crippen LogP) is 0.367. The number of hydrogen-bond acceptors (Lipinski definition) is 2. The van der Waals surface area contributed by atoms with Gasteiger partial charge in [0.15, 0.2) is 12.5 Å². The molecule has 2 nitrogen and oxygen atoms in total. The van der Waals surface area contributed by atoms with Crippen LogP contribution < -0.4 is 0 Å². The average molecular weight is 136 g/mol. The lowest BCUT2D eigenvalue weighted by molar-refractivity contribution is -0.110. The number of aldehydes is 1. The molecule has 2 atom stereocenters. The highest BCUT2D eigenvalue weighted by Gasteiger charge is 1.97. The molecule has 0 radical (unpaired) electrons. The van der Waals surface area contributed by atoms with E-state index in [1.165, 1.54) is 0 Å². The van der Waals surface area contributed by atoms with E-state index >= 15 is 0 Å². The van der Waals surface area contributed by atoms with Crippen molar-refractivity contribution in [2.75, 3.05) is 0 Å². The number of carbonyl (C=O) groups is 1. The van der Waals surface area contributed by atoms with Crippen molar-refractivity contribution in [2.45, 2.75) is 12.5 Å². The molecule has 0 aromatic carbocycles. The number of rotatable bonds is 3. The van der Waals surface area contributed by atoms with Gasteiger partial charge in [-0.3, -0.25) is 4.79 Å². The first-order valence-corrected chi connectivity index (χ1v) is 2.26. The molecule has 52 valence electrons. The summed E-state index contributed by atoms with van der Waals surface area (Å²) in [5.74, 6) is 0. The average Bonchev–Trinajstić information content (AvgIpc) is 1.83. The van der Waals surface area contributed by atoms with Crippen molar-refractivity contribution in [2.24, 2.45) is 0 Å².